The van der Waals surface area contributed by atoms with Crippen molar-refractivity contribution in [1.29, 1.82) is 0 Å². The Balaban J connectivity index is 1.51. The van der Waals surface area contributed by atoms with Crippen molar-refractivity contribution in [3.8, 4) is 0 Å². The zero-order valence-electron chi connectivity index (χ0n) is 16.0. The van der Waals surface area contributed by atoms with Crippen LogP contribution < -0.4 is 10.6 Å². The molecule has 1 aromatic rings. The minimum Gasteiger partial charge on any atom is -0.357 e. The fourth-order valence-corrected chi connectivity index (χ4v) is 3.93. The van der Waals surface area contributed by atoms with E-state index in [1.54, 1.807) is 0 Å². The van der Waals surface area contributed by atoms with Gasteiger partial charge in [0, 0.05) is 39.3 Å². The first-order chi connectivity index (χ1) is 12.2. The lowest BCUT2D eigenvalue weighted by Crippen LogP contribution is -2.44. The van der Waals surface area contributed by atoms with Crippen LogP contribution in [-0.2, 0) is 13.6 Å². The molecule has 7 nitrogen and oxygen atoms in total. The molecule has 7 heteroatoms. The quantitative estimate of drug-likeness (QED) is 0.602. The Bertz CT molecular complexity index is 574. The first-order valence-corrected chi connectivity index (χ1v) is 9.77. The number of aryl methyl sites for hydroxylation is 1. The summed E-state index contributed by atoms with van der Waals surface area (Å²) in [6.45, 7) is 9.09. The molecule has 25 heavy (non-hydrogen) atoms. The summed E-state index contributed by atoms with van der Waals surface area (Å²) in [4.78, 5) is 7.33. The lowest BCUT2D eigenvalue weighted by molar-refractivity contribution is 0.275. The largest absolute Gasteiger partial charge is 0.357 e. The van der Waals surface area contributed by atoms with Crippen LogP contribution in [0.15, 0.2) is 4.99 Å². The van der Waals surface area contributed by atoms with E-state index >= 15 is 0 Å². The lowest BCUT2D eigenvalue weighted by Gasteiger charge is -2.21. The maximum Gasteiger partial charge on any atom is 0.191 e. The van der Waals surface area contributed by atoms with Crippen LogP contribution in [0.4, 0.5) is 0 Å². The number of aromatic nitrogens is 3. The molecule has 1 saturated carbocycles. The molecule has 0 bridgehead atoms. The number of nitrogens with one attached hydrogen (secondary N) is 2. The Morgan fingerprint density at radius 2 is 2.04 bits per heavy atom. The predicted octanol–water partition coefficient (Wildman–Crippen LogP) is 1.44. The maximum absolute atomic E-state index is 4.70. The molecular weight excluding hydrogens is 314 g/mol. The fraction of sp³-hybridized carbons (Fsp3) is 0.833. The van der Waals surface area contributed by atoms with Crippen LogP contribution >= 0.6 is 0 Å². The molecular formula is C18H33N7. The second-order valence-corrected chi connectivity index (χ2v) is 7.46. The molecule has 2 heterocycles. The van der Waals surface area contributed by atoms with E-state index in [-0.39, 0.29) is 0 Å². The Kier molecular flexibility index (Phi) is 6.29. The van der Waals surface area contributed by atoms with Crippen molar-refractivity contribution in [2.45, 2.75) is 58.5 Å². The third-order valence-electron chi connectivity index (χ3n) is 5.51. The maximum atomic E-state index is 4.70. The van der Waals surface area contributed by atoms with E-state index in [9.17, 15) is 0 Å². The van der Waals surface area contributed by atoms with Crippen molar-refractivity contribution in [2.75, 3.05) is 26.2 Å². The van der Waals surface area contributed by atoms with Crippen molar-refractivity contribution in [1.82, 2.24) is 30.3 Å². The normalized spacial score (nSPS) is 22.7. The number of hydrogen-bond acceptors (Lipinski definition) is 4. The van der Waals surface area contributed by atoms with Crippen LogP contribution in [0.2, 0.25) is 0 Å². The van der Waals surface area contributed by atoms with Crippen LogP contribution in [0.3, 0.4) is 0 Å². The van der Waals surface area contributed by atoms with Gasteiger partial charge in [-0.1, -0.05) is 12.8 Å². The molecule has 2 fully saturated rings. The molecule has 0 spiro atoms. The summed E-state index contributed by atoms with van der Waals surface area (Å²) in [6, 6.07) is 0.487. The van der Waals surface area contributed by atoms with Crippen LogP contribution in [-0.4, -0.2) is 57.8 Å². The first kappa shape index (κ1) is 18.2. The summed E-state index contributed by atoms with van der Waals surface area (Å²) in [6.07, 6.45) is 6.91. The zero-order valence-corrected chi connectivity index (χ0v) is 16.0. The smallest absolute Gasteiger partial charge is 0.191 e. The SMILES string of the molecule is CCNC(=NCc1nnc(C)n1C)NC1CCN(CC2CCCC2)C1. The Hall–Kier alpha value is -1.63. The summed E-state index contributed by atoms with van der Waals surface area (Å²) in [5.74, 6) is 3.63. The molecule has 1 unspecified atom stereocenters. The van der Waals surface area contributed by atoms with E-state index in [1.807, 2.05) is 18.5 Å². The molecule has 140 valence electrons. The van der Waals surface area contributed by atoms with Gasteiger partial charge in [-0.15, -0.1) is 10.2 Å². The van der Waals surface area contributed by atoms with Gasteiger partial charge in [-0.25, -0.2) is 4.99 Å². The molecule has 1 aliphatic carbocycles. The standard InChI is InChI=1S/C18H33N7/c1-4-19-18(20-11-17-23-22-14(2)24(17)3)21-16-9-10-25(13-16)12-15-7-5-6-8-15/h15-16H,4-13H2,1-3H3,(H2,19,20,21). The molecule has 1 aromatic heterocycles. The van der Waals surface area contributed by atoms with Gasteiger partial charge in [0.2, 0.25) is 0 Å². The highest BCUT2D eigenvalue weighted by Crippen LogP contribution is 2.26. The molecule has 0 radical (unpaired) electrons. The van der Waals surface area contributed by atoms with Crippen molar-refractivity contribution < 1.29 is 0 Å². The number of guanidine groups is 1. The Morgan fingerprint density at radius 1 is 1.24 bits per heavy atom. The molecule has 0 amide bonds. The van der Waals surface area contributed by atoms with Gasteiger partial charge in [-0.2, -0.15) is 0 Å². The number of nitrogens with zero attached hydrogens (tertiary/aromatic N) is 5. The first-order valence-electron chi connectivity index (χ1n) is 9.77. The van der Waals surface area contributed by atoms with Crippen molar-refractivity contribution in [2.24, 2.45) is 18.0 Å². The van der Waals surface area contributed by atoms with Crippen LogP contribution in [0, 0.1) is 12.8 Å². The number of hydrogen-bond donors (Lipinski definition) is 2. The molecule has 1 saturated heterocycles. The predicted molar refractivity (Wildman–Crippen MR) is 100 cm³/mol. The highest BCUT2D eigenvalue weighted by atomic mass is 15.3. The van der Waals surface area contributed by atoms with Crippen molar-refractivity contribution in [3.05, 3.63) is 11.6 Å². The van der Waals surface area contributed by atoms with E-state index < -0.39 is 0 Å². The molecule has 3 rings (SSSR count). The van der Waals surface area contributed by atoms with E-state index in [1.165, 1.54) is 45.2 Å². The van der Waals surface area contributed by atoms with E-state index in [2.05, 4.69) is 32.7 Å². The molecule has 1 atom stereocenters. The van der Waals surface area contributed by atoms with E-state index in [4.69, 9.17) is 4.99 Å². The van der Waals surface area contributed by atoms with Gasteiger partial charge in [-0.05, 0) is 39.0 Å². The summed E-state index contributed by atoms with van der Waals surface area (Å²) in [5, 5.41) is 15.3. The summed E-state index contributed by atoms with van der Waals surface area (Å²) >= 11 is 0. The molecule has 2 N–H and O–H groups in total. The van der Waals surface area contributed by atoms with Gasteiger partial charge < -0.3 is 20.1 Å². The highest BCUT2D eigenvalue weighted by molar-refractivity contribution is 5.80. The average molecular weight is 348 g/mol. The van der Waals surface area contributed by atoms with Crippen LogP contribution in [0.1, 0.15) is 50.7 Å². The zero-order chi connectivity index (χ0) is 17.6. The molecule has 1 aliphatic heterocycles. The molecule has 0 aromatic carbocycles. The summed E-state index contributed by atoms with van der Waals surface area (Å²) in [5.41, 5.74) is 0. The minimum absolute atomic E-state index is 0.487. The van der Waals surface area contributed by atoms with Gasteiger partial charge in [0.05, 0.1) is 0 Å². The van der Waals surface area contributed by atoms with Gasteiger partial charge in [-0.3, -0.25) is 0 Å². The average Bonchev–Trinajstić information content (AvgIpc) is 3.32. The number of rotatable bonds is 6. The lowest BCUT2D eigenvalue weighted by atomic mass is 10.1. The second-order valence-electron chi connectivity index (χ2n) is 7.46. The monoisotopic (exact) mass is 347 g/mol. The highest BCUT2D eigenvalue weighted by Gasteiger charge is 2.26. The molecule has 2 aliphatic rings. The van der Waals surface area contributed by atoms with Gasteiger partial charge in [0.15, 0.2) is 11.8 Å². The van der Waals surface area contributed by atoms with Gasteiger partial charge >= 0.3 is 0 Å². The van der Waals surface area contributed by atoms with Crippen molar-refractivity contribution in [3.63, 3.8) is 0 Å². The second kappa shape index (κ2) is 8.65. The Labute approximate surface area is 151 Å². The van der Waals surface area contributed by atoms with Crippen LogP contribution in [0.25, 0.3) is 0 Å². The van der Waals surface area contributed by atoms with E-state index in [0.717, 1.165) is 36.6 Å². The van der Waals surface area contributed by atoms with Crippen molar-refractivity contribution >= 4 is 5.96 Å². The Morgan fingerprint density at radius 3 is 2.72 bits per heavy atom. The van der Waals surface area contributed by atoms with Gasteiger partial charge in [0.1, 0.15) is 12.4 Å². The third kappa shape index (κ3) is 4.93. The van der Waals surface area contributed by atoms with Gasteiger partial charge in [0.25, 0.3) is 0 Å². The topological polar surface area (TPSA) is 70.4 Å². The fourth-order valence-electron chi connectivity index (χ4n) is 3.93. The van der Waals surface area contributed by atoms with Crippen LogP contribution in [0.5, 0.6) is 0 Å². The third-order valence-corrected chi connectivity index (χ3v) is 5.51. The number of aliphatic imine (C=N–C) groups is 1. The minimum atomic E-state index is 0.487. The summed E-state index contributed by atoms with van der Waals surface area (Å²) < 4.78 is 1.99. The van der Waals surface area contributed by atoms with E-state index in [0.29, 0.717) is 12.6 Å². The summed E-state index contributed by atoms with van der Waals surface area (Å²) in [7, 11) is 1.98. The number of likely N-dealkylation sites (tertiary alicyclic amines) is 1.